The minimum absolute atomic E-state index is 0.0189. The summed E-state index contributed by atoms with van der Waals surface area (Å²) in [7, 11) is -8.60. The summed E-state index contributed by atoms with van der Waals surface area (Å²) in [6.45, 7) is 0. The Bertz CT molecular complexity index is 2710. The van der Waals surface area contributed by atoms with Crippen molar-refractivity contribution in [2.45, 2.75) is 16.2 Å². The molecule has 0 saturated heterocycles. The van der Waals surface area contributed by atoms with Gasteiger partial charge in [-0.15, -0.1) is 35.8 Å². The number of sulfonamides is 2. The van der Waals surface area contributed by atoms with Crippen LogP contribution in [-0.4, -0.2) is 35.0 Å². The molecule has 2 amide bonds. The van der Waals surface area contributed by atoms with Crippen LogP contribution in [0.3, 0.4) is 0 Å². The molecule has 0 aliphatic carbocycles. The number of hydrogen-bond acceptors (Lipinski definition) is 9. The van der Waals surface area contributed by atoms with Crippen LogP contribution in [0.1, 0.15) is 19.3 Å². The Morgan fingerprint density at radius 2 is 1.00 bits per heavy atom. The molecular formula is C35H22F8N4O7S4. The first-order valence-electron chi connectivity index (χ1n) is 15.6. The highest BCUT2D eigenvalue weighted by Crippen LogP contribution is 2.30. The lowest BCUT2D eigenvalue weighted by Gasteiger charge is -2.11. The van der Waals surface area contributed by atoms with E-state index in [0.29, 0.717) is 24.3 Å². The van der Waals surface area contributed by atoms with Crippen LogP contribution in [0.15, 0.2) is 118 Å². The third-order valence-electron chi connectivity index (χ3n) is 7.04. The number of alkyl halides is 3. The Morgan fingerprint density at radius 3 is 1.43 bits per heavy atom. The molecule has 0 fully saturated rings. The summed E-state index contributed by atoms with van der Waals surface area (Å²) in [6, 6.07) is 16.4. The Morgan fingerprint density at radius 1 is 0.552 bits per heavy atom. The average molecular weight is 891 g/mol. The Balaban J connectivity index is 0.000000223. The maximum atomic E-state index is 13.4. The lowest BCUT2D eigenvalue weighted by atomic mass is 10.3. The molecule has 2 heterocycles. The van der Waals surface area contributed by atoms with Crippen molar-refractivity contribution < 1.29 is 66.3 Å². The van der Waals surface area contributed by atoms with Crippen LogP contribution in [-0.2, 0) is 20.0 Å². The van der Waals surface area contributed by atoms with Gasteiger partial charge in [0.2, 0.25) is 0 Å². The fraction of sp³-hybridized carbons (Fsp3) is 0.0286. The molecule has 6 aromatic rings. The number of hydrogen-bond donors (Lipinski definition) is 4. The minimum Gasteiger partial charge on any atom is -0.406 e. The number of carbonyl (C=O) groups excluding carboxylic acids is 2. The molecule has 23 heteroatoms. The summed E-state index contributed by atoms with van der Waals surface area (Å²) < 4.78 is 161. The van der Waals surface area contributed by atoms with Gasteiger partial charge in [0.15, 0.2) is 23.3 Å². The summed E-state index contributed by atoms with van der Waals surface area (Å²) in [5.41, 5.74) is -0.0362. The summed E-state index contributed by atoms with van der Waals surface area (Å²) in [5, 5.41) is 7.65. The zero-order valence-electron chi connectivity index (χ0n) is 28.4. The molecule has 4 N–H and O–H groups in total. The van der Waals surface area contributed by atoms with Crippen LogP contribution >= 0.6 is 22.7 Å². The molecule has 0 unspecified atom stereocenters. The molecule has 0 aliphatic heterocycles. The number of rotatable bonds is 11. The number of amides is 2. The number of nitrogens with one attached hydrogen (secondary N) is 4. The summed E-state index contributed by atoms with van der Waals surface area (Å²) in [6.07, 6.45) is -4.92. The molecule has 0 bridgehead atoms. The van der Waals surface area contributed by atoms with Crippen LogP contribution in [0.2, 0.25) is 0 Å². The van der Waals surface area contributed by atoms with Crippen molar-refractivity contribution >= 4 is 77.3 Å². The highest BCUT2D eigenvalue weighted by Gasteiger charge is 2.31. The van der Waals surface area contributed by atoms with Gasteiger partial charge in [-0.1, -0.05) is 12.1 Å². The summed E-state index contributed by atoms with van der Waals surface area (Å²) in [5.74, 6) is -7.67. The van der Waals surface area contributed by atoms with E-state index in [0.717, 1.165) is 53.0 Å². The Hall–Kier alpha value is -6.04. The standard InChI is InChI=1S/C18H11F5N2O4S2.C17H11F3N2O3S2/c19-13-5-4-12(9-14(13)20)31(27,28)25-15-6-7-30-16(15)17(26)24-10-2-1-3-11(8-10)29-18(21,22)23;18-10-2-1-3-11(8-10)21-17(23)16-15(6-7-26-16)22-27(24,25)12-4-5-13(19)14(20)9-12/h1-9,25H,(H,24,26);1-9,22H,(H,21,23). The molecule has 0 aliphatic rings. The first-order valence-corrected chi connectivity index (χ1v) is 20.3. The number of thiophene rings is 2. The number of carbonyl (C=O) groups is 2. The molecule has 0 saturated carbocycles. The van der Waals surface area contributed by atoms with E-state index in [1.165, 1.54) is 53.2 Å². The van der Waals surface area contributed by atoms with Crippen molar-refractivity contribution in [3.8, 4) is 5.75 Å². The number of anilines is 4. The molecule has 11 nitrogen and oxygen atoms in total. The molecule has 0 atom stereocenters. The van der Waals surface area contributed by atoms with Crippen LogP contribution in [0.5, 0.6) is 5.75 Å². The molecule has 0 radical (unpaired) electrons. The Kier molecular flexibility index (Phi) is 13.1. The average Bonchev–Trinajstić information content (AvgIpc) is 3.79. The van der Waals surface area contributed by atoms with E-state index < -0.39 is 82.8 Å². The lowest BCUT2D eigenvalue weighted by molar-refractivity contribution is -0.274. The number of halogens is 8. The van der Waals surface area contributed by atoms with Gasteiger partial charge in [-0.05, 0) is 89.6 Å². The maximum absolute atomic E-state index is 13.4. The first kappa shape index (κ1) is 43.1. The number of ether oxygens (including phenoxy) is 1. The molecular weight excluding hydrogens is 869 g/mol. The lowest BCUT2D eigenvalue weighted by Crippen LogP contribution is -2.18. The largest absolute Gasteiger partial charge is 0.573 e. The van der Waals surface area contributed by atoms with Gasteiger partial charge in [0.1, 0.15) is 21.3 Å². The third kappa shape index (κ3) is 11.3. The molecule has 6 rings (SSSR count). The van der Waals surface area contributed by atoms with Gasteiger partial charge < -0.3 is 15.4 Å². The van der Waals surface area contributed by atoms with Crippen LogP contribution in [0.4, 0.5) is 57.9 Å². The smallest absolute Gasteiger partial charge is 0.406 e. The molecule has 58 heavy (non-hydrogen) atoms. The van der Waals surface area contributed by atoms with Crippen molar-refractivity contribution in [3.63, 3.8) is 0 Å². The van der Waals surface area contributed by atoms with Crippen molar-refractivity contribution in [2.75, 3.05) is 20.1 Å². The monoisotopic (exact) mass is 890 g/mol. The van der Waals surface area contributed by atoms with E-state index in [2.05, 4.69) is 24.8 Å². The summed E-state index contributed by atoms with van der Waals surface area (Å²) >= 11 is 1.80. The van der Waals surface area contributed by atoms with Crippen molar-refractivity contribution in [3.05, 3.63) is 147 Å². The highest BCUT2D eigenvalue weighted by atomic mass is 32.2. The topological polar surface area (TPSA) is 160 Å². The molecule has 304 valence electrons. The minimum atomic E-state index is -4.92. The van der Waals surface area contributed by atoms with Gasteiger partial charge in [-0.2, -0.15) is 0 Å². The van der Waals surface area contributed by atoms with E-state index in [-0.39, 0.29) is 32.5 Å². The van der Waals surface area contributed by atoms with E-state index in [1.807, 2.05) is 0 Å². The normalized spacial score (nSPS) is 11.5. The van der Waals surface area contributed by atoms with Crippen molar-refractivity contribution in [1.82, 2.24) is 0 Å². The Labute approximate surface area is 331 Å². The number of benzene rings is 4. The van der Waals surface area contributed by atoms with E-state index >= 15 is 0 Å². The van der Waals surface area contributed by atoms with Gasteiger partial charge in [0.25, 0.3) is 31.9 Å². The fourth-order valence-electron chi connectivity index (χ4n) is 4.54. The van der Waals surface area contributed by atoms with Gasteiger partial charge >= 0.3 is 6.36 Å². The van der Waals surface area contributed by atoms with Gasteiger partial charge in [0, 0.05) is 17.4 Å². The second-order valence-electron chi connectivity index (χ2n) is 11.2. The van der Waals surface area contributed by atoms with Crippen LogP contribution in [0, 0.1) is 29.1 Å². The zero-order valence-corrected chi connectivity index (χ0v) is 31.7. The van der Waals surface area contributed by atoms with E-state index in [4.69, 9.17) is 0 Å². The van der Waals surface area contributed by atoms with Crippen LogP contribution < -0.4 is 24.8 Å². The maximum Gasteiger partial charge on any atom is 0.573 e. The predicted octanol–water partition coefficient (Wildman–Crippen LogP) is 9.20. The SMILES string of the molecule is O=C(Nc1cccc(F)c1)c1sccc1NS(=O)(=O)c1ccc(F)c(F)c1.O=C(Nc1cccc(OC(F)(F)F)c1)c1sccc1NS(=O)(=O)c1ccc(F)c(F)c1. The van der Waals surface area contributed by atoms with E-state index in [9.17, 15) is 61.5 Å². The van der Waals surface area contributed by atoms with E-state index in [1.54, 1.807) is 0 Å². The molecule has 0 spiro atoms. The zero-order chi connectivity index (χ0) is 42.4. The third-order valence-corrected chi connectivity index (χ3v) is 11.6. The predicted molar refractivity (Wildman–Crippen MR) is 198 cm³/mol. The second kappa shape index (κ2) is 17.6. The highest BCUT2D eigenvalue weighted by molar-refractivity contribution is 7.93. The quantitative estimate of drug-likeness (QED) is 0.0944. The van der Waals surface area contributed by atoms with Gasteiger partial charge in [-0.3, -0.25) is 19.0 Å². The molecule has 4 aromatic carbocycles. The van der Waals surface area contributed by atoms with Gasteiger partial charge in [-0.25, -0.2) is 38.8 Å². The first-order chi connectivity index (χ1) is 27.2. The van der Waals surface area contributed by atoms with Crippen LogP contribution in [0.25, 0.3) is 0 Å². The van der Waals surface area contributed by atoms with Crippen molar-refractivity contribution in [2.24, 2.45) is 0 Å². The van der Waals surface area contributed by atoms with Crippen molar-refractivity contribution in [1.29, 1.82) is 0 Å². The van der Waals surface area contributed by atoms with Gasteiger partial charge in [0.05, 0.1) is 21.2 Å². The molecule has 2 aromatic heterocycles. The second-order valence-corrected chi connectivity index (χ2v) is 16.4. The fourth-order valence-corrected chi connectivity index (χ4v) is 8.32. The summed E-state index contributed by atoms with van der Waals surface area (Å²) in [4.78, 5) is 23.7.